The fraction of sp³-hybridized carbons (Fsp3) is 0.381. The Kier molecular flexibility index (Phi) is 5.73. The van der Waals surface area contributed by atoms with Crippen molar-refractivity contribution in [2.75, 3.05) is 6.61 Å². The largest absolute Gasteiger partial charge is 0.491 e. The van der Waals surface area contributed by atoms with Gasteiger partial charge in [0.15, 0.2) is 23.2 Å². The van der Waals surface area contributed by atoms with E-state index in [1.807, 2.05) is 0 Å². The Morgan fingerprint density at radius 1 is 1.04 bits per heavy atom. The van der Waals surface area contributed by atoms with E-state index >= 15 is 0 Å². The fourth-order valence-corrected chi connectivity index (χ4v) is 3.33. The fourth-order valence-electron chi connectivity index (χ4n) is 3.33. The highest BCUT2D eigenvalue weighted by atomic mass is 19.2. The van der Waals surface area contributed by atoms with Gasteiger partial charge in [0.2, 0.25) is 0 Å². The molecule has 0 fully saturated rings. The molecular formula is C21H21F3O3. The Morgan fingerprint density at radius 2 is 1.74 bits per heavy atom. The third-order valence-electron chi connectivity index (χ3n) is 4.78. The highest BCUT2D eigenvalue weighted by Crippen LogP contribution is 2.31. The zero-order valence-electron chi connectivity index (χ0n) is 15.3. The van der Waals surface area contributed by atoms with Crippen molar-refractivity contribution in [3.05, 3.63) is 64.0 Å². The monoisotopic (exact) mass is 378 g/mol. The van der Waals surface area contributed by atoms with Crippen molar-refractivity contribution in [2.45, 2.75) is 45.6 Å². The van der Waals surface area contributed by atoms with E-state index < -0.39 is 29.5 Å². The van der Waals surface area contributed by atoms with Gasteiger partial charge in [-0.15, -0.1) is 0 Å². The second-order valence-corrected chi connectivity index (χ2v) is 6.48. The minimum atomic E-state index is -0.857. The lowest BCUT2D eigenvalue weighted by Crippen LogP contribution is -2.29. The normalized spacial score (nSPS) is 16.0. The molecule has 3 nitrogen and oxygen atoms in total. The van der Waals surface area contributed by atoms with Crippen LogP contribution in [0.5, 0.6) is 5.75 Å². The number of carbonyl (C=O) groups excluding carboxylic acids is 1. The van der Waals surface area contributed by atoms with E-state index in [2.05, 4.69) is 0 Å². The van der Waals surface area contributed by atoms with Crippen LogP contribution in [0.3, 0.4) is 0 Å². The third-order valence-corrected chi connectivity index (χ3v) is 4.78. The molecular weight excluding hydrogens is 357 g/mol. The highest BCUT2D eigenvalue weighted by molar-refractivity contribution is 5.93. The molecule has 2 aromatic rings. The van der Waals surface area contributed by atoms with Gasteiger partial charge in [-0.25, -0.2) is 18.0 Å². The Labute approximate surface area is 156 Å². The summed E-state index contributed by atoms with van der Waals surface area (Å²) in [6.07, 6.45) is 0.758. The van der Waals surface area contributed by atoms with E-state index in [1.54, 1.807) is 32.0 Å². The molecule has 0 radical (unpaired) electrons. The number of carbonyl (C=O) groups is 1. The van der Waals surface area contributed by atoms with E-state index in [0.29, 0.717) is 30.4 Å². The Balaban J connectivity index is 1.74. The molecule has 1 heterocycles. The molecule has 0 bridgehead atoms. The second-order valence-electron chi connectivity index (χ2n) is 6.48. The lowest BCUT2D eigenvalue weighted by atomic mass is 9.94. The molecule has 0 N–H and O–H groups in total. The molecule has 27 heavy (non-hydrogen) atoms. The van der Waals surface area contributed by atoms with Crippen molar-refractivity contribution < 1.29 is 27.4 Å². The first-order chi connectivity index (χ1) is 13.0. The number of cyclic esters (lactones) is 1. The van der Waals surface area contributed by atoms with Crippen molar-refractivity contribution in [1.82, 2.24) is 0 Å². The number of ether oxygens (including phenoxy) is 2. The van der Waals surface area contributed by atoms with Crippen LogP contribution in [-0.4, -0.2) is 18.7 Å². The Hall–Kier alpha value is -2.50. The van der Waals surface area contributed by atoms with E-state index in [9.17, 15) is 18.0 Å². The summed E-state index contributed by atoms with van der Waals surface area (Å²) in [4.78, 5) is 12.2. The van der Waals surface area contributed by atoms with Crippen molar-refractivity contribution in [3.63, 3.8) is 0 Å². The summed E-state index contributed by atoms with van der Waals surface area (Å²) in [6.45, 7) is 3.76. The predicted molar refractivity (Wildman–Crippen MR) is 94.5 cm³/mol. The molecule has 0 aromatic heterocycles. The maximum absolute atomic E-state index is 14.4. The first kappa shape index (κ1) is 19.3. The summed E-state index contributed by atoms with van der Waals surface area (Å²) in [5.41, 5.74) is 0.992. The lowest BCUT2D eigenvalue weighted by molar-refractivity contribution is 0.0230. The summed E-state index contributed by atoms with van der Waals surface area (Å²) in [5.74, 6) is -3.15. The molecule has 0 saturated heterocycles. The van der Waals surface area contributed by atoms with E-state index in [-0.39, 0.29) is 29.9 Å². The van der Waals surface area contributed by atoms with Crippen LogP contribution in [0.15, 0.2) is 24.3 Å². The zero-order chi connectivity index (χ0) is 19.6. The molecule has 3 rings (SSSR count). The number of hydrogen-bond donors (Lipinski definition) is 0. The van der Waals surface area contributed by atoms with Crippen molar-refractivity contribution in [2.24, 2.45) is 0 Å². The van der Waals surface area contributed by atoms with Crippen LogP contribution < -0.4 is 4.74 Å². The van der Waals surface area contributed by atoms with Crippen molar-refractivity contribution >= 4 is 5.97 Å². The van der Waals surface area contributed by atoms with Gasteiger partial charge in [-0.2, -0.15) is 0 Å². The minimum absolute atomic E-state index is 0.0141. The number of esters is 1. The second kappa shape index (κ2) is 8.03. The van der Waals surface area contributed by atoms with E-state index in [1.165, 1.54) is 6.07 Å². The van der Waals surface area contributed by atoms with Crippen LogP contribution in [0.1, 0.15) is 47.3 Å². The summed E-state index contributed by atoms with van der Waals surface area (Å²) < 4.78 is 53.0. The number of rotatable bonds is 6. The van der Waals surface area contributed by atoms with Crippen LogP contribution in [0.25, 0.3) is 0 Å². The average molecular weight is 378 g/mol. The van der Waals surface area contributed by atoms with Crippen molar-refractivity contribution in [1.29, 1.82) is 0 Å². The molecule has 1 atom stereocenters. The first-order valence-corrected chi connectivity index (χ1v) is 9.07. The number of benzene rings is 2. The molecule has 0 aliphatic carbocycles. The molecule has 6 heteroatoms. The zero-order valence-corrected chi connectivity index (χ0v) is 15.3. The van der Waals surface area contributed by atoms with Gasteiger partial charge in [0.05, 0.1) is 6.61 Å². The van der Waals surface area contributed by atoms with Gasteiger partial charge < -0.3 is 9.47 Å². The van der Waals surface area contributed by atoms with E-state index in [0.717, 1.165) is 0 Å². The maximum atomic E-state index is 14.4. The average Bonchev–Trinajstić information content (AvgIpc) is 2.65. The topological polar surface area (TPSA) is 35.5 Å². The van der Waals surface area contributed by atoms with Gasteiger partial charge >= 0.3 is 5.97 Å². The quantitative estimate of drug-likeness (QED) is 0.679. The lowest BCUT2D eigenvalue weighted by Gasteiger charge is -2.25. The molecule has 1 unspecified atom stereocenters. The number of fused-ring (bicyclic) bond motifs is 1. The van der Waals surface area contributed by atoms with Crippen LogP contribution >= 0.6 is 0 Å². The van der Waals surface area contributed by atoms with Gasteiger partial charge in [0.1, 0.15) is 11.7 Å². The van der Waals surface area contributed by atoms with Gasteiger partial charge in [-0.3, -0.25) is 0 Å². The van der Waals surface area contributed by atoms with Gasteiger partial charge in [-0.05, 0) is 48.9 Å². The third kappa shape index (κ3) is 3.80. The van der Waals surface area contributed by atoms with Crippen LogP contribution in [-0.2, 0) is 24.0 Å². The molecule has 2 aromatic carbocycles. The smallest absolute Gasteiger partial charge is 0.341 e. The molecule has 1 aliphatic heterocycles. The number of aryl methyl sites for hydroxylation is 2. The molecule has 0 spiro atoms. The van der Waals surface area contributed by atoms with E-state index in [4.69, 9.17) is 9.47 Å². The first-order valence-electron chi connectivity index (χ1n) is 9.07. The predicted octanol–water partition coefficient (Wildman–Crippen LogP) is 4.78. The van der Waals surface area contributed by atoms with Gasteiger partial charge in [0.25, 0.3) is 0 Å². The molecule has 0 amide bonds. The molecule has 1 aliphatic rings. The number of hydrogen-bond acceptors (Lipinski definition) is 3. The highest BCUT2D eigenvalue weighted by Gasteiger charge is 2.31. The van der Waals surface area contributed by atoms with Crippen LogP contribution in [0.4, 0.5) is 13.2 Å². The SMILES string of the molecule is CCOc1ccc2c(c1F)C(=O)OC(CCc1ccc(CC)c(F)c1F)C2. The van der Waals surface area contributed by atoms with Gasteiger partial charge in [0, 0.05) is 6.42 Å². The minimum Gasteiger partial charge on any atom is -0.491 e. The summed E-state index contributed by atoms with van der Waals surface area (Å²) in [7, 11) is 0. The number of halogens is 3. The van der Waals surface area contributed by atoms with Gasteiger partial charge in [-0.1, -0.05) is 25.1 Å². The molecule has 144 valence electrons. The Morgan fingerprint density at radius 3 is 2.44 bits per heavy atom. The van der Waals surface area contributed by atoms with Crippen LogP contribution in [0, 0.1) is 17.5 Å². The summed E-state index contributed by atoms with van der Waals surface area (Å²) in [5, 5.41) is 0. The summed E-state index contributed by atoms with van der Waals surface area (Å²) in [6, 6.07) is 6.27. The summed E-state index contributed by atoms with van der Waals surface area (Å²) >= 11 is 0. The van der Waals surface area contributed by atoms with Crippen molar-refractivity contribution in [3.8, 4) is 5.75 Å². The molecule has 0 saturated carbocycles. The Bertz CT molecular complexity index is 864. The maximum Gasteiger partial charge on any atom is 0.341 e. The standard InChI is InChI=1S/C21H21F3O3/c1-3-12-5-6-13(19(23)18(12)22)7-9-15-11-14-8-10-16(26-4-2)20(24)17(14)21(25)27-15/h5-6,8,10,15H,3-4,7,9,11H2,1-2H3. The van der Waals surface area contributed by atoms with Crippen LogP contribution in [0.2, 0.25) is 0 Å².